The van der Waals surface area contributed by atoms with Crippen LogP contribution in [0.2, 0.25) is 0 Å². The third-order valence-corrected chi connectivity index (χ3v) is 4.11. The van der Waals surface area contributed by atoms with E-state index in [9.17, 15) is 0 Å². The minimum Gasteiger partial charge on any atom is -0.356 e. The number of aliphatic imine (C=N–C) groups is 1. The topological polar surface area (TPSA) is 39.7 Å². The summed E-state index contributed by atoms with van der Waals surface area (Å²) in [5.74, 6) is 0.912. The van der Waals surface area contributed by atoms with Crippen LogP contribution in [-0.2, 0) is 6.42 Å². The number of hydrogen-bond donors (Lipinski definition) is 2. The van der Waals surface area contributed by atoms with Gasteiger partial charge >= 0.3 is 0 Å². The first-order valence-corrected chi connectivity index (χ1v) is 8.82. The number of benzene rings is 1. The molecule has 1 rings (SSSR count). The van der Waals surface area contributed by atoms with Gasteiger partial charge in [-0.1, -0.05) is 30.3 Å². The zero-order valence-corrected chi connectivity index (χ0v) is 15.3. The number of rotatable bonds is 10. The summed E-state index contributed by atoms with van der Waals surface area (Å²) >= 11 is 0. The molecule has 0 aliphatic heterocycles. The lowest BCUT2D eigenvalue weighted by molar-refractivity contribution is 0.268. The second kappa shape index (κ2) is 11.9. The first-order valence-electron chi connectivity index (χ1n) is 8.82. The van der Waals surface area contributed by atoms with Gasteiger partial charge in [0.05, 0.1) is 0 Å². The molecular weight excluding hydrogens is 284 g/mol. The van der Waals surface area contributed by atoms with Crippen molar-refractivity contribution in [1.29, 1.82) is 0 Å². The Morgan fingerprint density at radius 2 is 1.70 bits per heavy atom. The third kappa shape index (κ3) is 9.24. The van der Waals surface area contributed by atoms with E-state index in [4.69, 9.17) is 0 Å². The number of hydrogen-bond acceptors (Lipinski definition) is 2. The molecule has 0 saturated carbocycles. The van der Waals surface area contributed by atoms with Crippen LogP contribution in [0.3, 0.4) is 0 Å². The maximum atomic E-state index is 4.28. The maximum Gasteiger partial charge on any atom is 0.190 e. The predicted octanol–water partition coefficient (Wildman–Crippen LogP) is 2.90. The monoisotopic (exact) mass is 318 g/mol. The van der Waals surface area contributed by atoms with E-state index in [1.165, 1.54) is 18.4 Å². The largest absolute Gasteiger partial charge is 0.356 e. The van der Waals surface area contributed by atoms with Crippen LogP contribution >= 0.6 is 0 Å². The van der Waals surface area contributed by atoms with Crippen molar-refractivity contribution >= 4 is 5.96 Å². The molecule has 0 spiro atoms. The first-order chi connectivity index (χ1) is 11.1. The Morgan fingerprint density at radius 3 is 2.30 bits per heavy atom. The molecule has 0 atom stereocenters. The van der Waals surface area contributed by atoms with E-state index in [1.807, 2.05) is 7.05 Å². The third-order valence-electron chi connectivity index (χ3n) is 4.11. The van der Waals surface area contributed by atoms with Gasteiger partial charge in [0.15, 0.2) is 5.96 Å². The molecule has 0 amide bonds. The molecule has 23 heavy (non-hydrogen) atoms. The van der Waals surface area contributed by atoms with Gasteiger partial charge in [-0.05, 0) is 58.7 Å². The van der Waals surface area contributed by atoms with Crippen LogP contribution in [0.15, 0.2) is 35.3 Å². The minimum absolute atomic E-state index is 0.627. The van der Waals surface area contributed by atoms with Crippen LogP contribution in [0.25, 0.3) is 0 Å². The van der Waals surface area contributed by atoms with Crippen LogP contribution in [0.4, 0.5) is 0 Å². The minimum atomic E-state index is 0.627. The molecule has 0 fully saturated rings. The fourth-order valence-electron chi connectivity index (χ4n) is 2.32. The zero-order chi connectivity index (χ0) is 16.9. The van der Waals surface area contributed by atoms with Crippen molar-refractivity contribution in [2.24, 2.45) is 4.99 Å². The molecule has 0 heterocycles. The molecule has 1 aromatic carbocycles. The number of unbranched alkanes of at least 4 members (excludes halogenated alkanes) is 1. The summed E-state index contributed by atoms with van der Waals surface area (Å²) in [5.41, 5.74) is 1.39. The molecule has 2 N–H and O–H groups in total. The van der Waals surface area contributed by atoms with Crippen molar-refractivity contribution in [2.75, 3.05) is 33.7 Å². The van der Waals surface area contributed by atoms with E-state index >= 15 is 0 Å². The number of nitrogens with zero attached hydrogens (tertiary/aromatic N) is 2. The SMILES string of the molecule is CN=C(NCCCCN(C)C(C)C)NCCCc1ccccc1. The van der Waals surface area contributed by atoms with E-state index in [2.05, 4.69) is 71.8 Å². The molecule has 0 unspecified atom stereocenters. The quantitative estimate of drug-likeness (QED) is 0.396. The van der Waals surface area contributed by atoms with Crippen LogP contribution in [0.1, 0.15) is 38.7 Å². The molecule has 0 aromatic heterocycles. The average Bonchev–Trinajstić information content (AvgIpc) is 2.57. The average molecular weight is 319 g/mol. The highest BCUT2D eigenvalue weighted by Crippen LogP contribution is 2.01. The van der Waals surface area contributed by atoms with Crippen LogP contribution in [-0.4, -0.2) is 50.6 Å². The summed E-state index contributed by atoms with van der Waals surface area (Å²) in [6.07, 6.45) is 4.60. The maximum absolute atomic E-state index is 4.28. The molecule has 0 saturated heterocycles. The van der Waals surface area contributed by atoms with Gasteiger partial charge in [0.2, 0.25) is 0 Å². The zero-order valence-electron chi connectivity index (χ0n) is 15.3. The lowest BCUT2D eigenvalue weighted by Crippen LogP contribution is -2.38. The van der Waals surface area contributed by atoms with Gasteiger partial charge in [0.1, 0.15) is 0 Å². The second-order valence-electron chi connectivity index (χ2n) is 6.30. The number of nitrogens with one attached hydrogen (secondary N) is 2. The molecule has 4 nitrogen and oxygen atoms in total. The standard InChI is InChI=1S/C19H34N4/c1-17(2)23(4)16-9-8-14-21-19(20-3)22-15-10-13-18-11-6-5-7-12-18/h5-7,11-12,17H,8-10,13-16H2,1-4H3,(H2,20,21,22). The molecule has 0 radical (unpaired) electrons. The number of guanidine groups is 1. The Hall–Kier alpha value is -1.55. The van der Waals surface area contributed by atoms with Gasteiger partial charge < -0.3 is 15.5 Å². The summed E-state index contributed by atoms with van der Waals surface area (Å²) in [6.45, 7) is 7.55. The summed E-state index contributed by atoms with van der Waals surface area (Å²) < 4.78 is 0. The van der Waals surface area contributed by atoms with Crippen molar-refractivity contribution in [1.82, 2.24) is 15.5 Å². The van der Waals surface area contributed by atoms with Crippen LogP contribution in [0, 0.1) is 0 Å². The molecule has 4 heteroatoms. The van der Waals surface area contributed by atoms with Crippen LogP contribution in [0.5, 0.6) is 0 Å². The summed E-state index contributed by atoms with van der Waals surface area (Å²) in [4.78, 5) is 6.66. The molecule has 0 bridgehead atoms. The lowest BCUT2D eigenvalue weighted by atomic mass is 10.1. The molecule has 130 valence electrons. The van der Waals surface area contributed by atoms with E-state index in [0.717, 1.165) is 38.4 Å². The van der Waals surface area contributed by atoms with Crippen molar-refractivity contribution < 1.29 is 0 Å². The van der Waals surface area contributed by atoms with Gasteiger partial charge in [-0.15, -0.1) is 0 Å². The summed E-state index contributed by atoms with van der Waals surface area (Å²) in [6, 6.07) is 11.2. The Kier molecular flexibility index (Phi) is 10.1. The van der Waals surface area contributed by atoms with Crippen LogP contribution < -0.4 is 10.6 Å². The van der Waals surface area contributed by atoms with Crippen molar-refractivity contribution in [3.05, 3.63) is 35.9 Å². The smallest absolute Gasteiger partial charge is 0.190 e. The highest BCUT2D eigenvalue weighted by atomic mass is 15.2. The van der Waals surface area contributed by atoms with Crippen molar-refractivity contribution in [3.63, 3.8) is 0 Å². The van der Waals surface area contributed by atoms with Gasteiger partial charge in [-0.3, -0.25) is 4.99 Å². The molecule has 1 aromatic rings. The van der Waals surface area contributed by atoms with E-state index in [-0.39, 0.29) is 0 Å². The van der Waals surface area contributed by atoms with Crippen molar-refractivity contribution in [3.8, 4) is 0 Å². The van der Waals surface area contributed by atoms with Gasteiger partial charge in [0.25, 0.3) is 0 Å². The normalized spacial score (nSPS) is 12.0. The van der Waals surface area contributed by atoms with Gasteiger partial charge in [-0.25, -0.2) is 0 Å². The highest BCUT2D eigenvalue weighted by Gasteiger charge is 2.02. The Bertz CT molecular complexity index is 428. The summed E-state index contributed by atoms with van der Waals surface area (Å²) in [5, 5.41) is 6.78. The van der Waals surface area contributed by atoms with Gasteiger partial charge in [-0.2, -0.15) is 0 Å². The Labute approximate surface area is 142 Å². The number of aryl methyl sites for hydroxylation is 1. The molecular formula is C19H34N4. The fourth-order valence-corrected chi connectivity index (χ4v) is 2.32. The second-order valence-corrected chi connectivity index (χ2v) is 6.30. The molecule has 0 aliphatic carbocycles. The van der Waals surface area contributed by atoms with E-state index < -0.39 is 0 Å². The lowest BCUT2D eigenvalue weighted by Gasteiger charge is -2.20. The van der Waals surface area contributed by atoms with E-state index in [1.54, 1.807) is 0 Å². The van der Waals surface area contributed by atoms with Crippen molar-refractivity contribution in [2.45, 2.75) is 45.6 Å². The highest BCUT2D eigenvalue weighted by molar-refractivity contribution is 5.79. The van der Waals surface area contributed by atoms with E-state index in [0.29, 0.717) is 6.04 Å². The Morgan fingerprint density at radius 1 is 1.04 bits per heavy atom. The van der Waals surface area contributed by atoms with Gasteiger partial charge in [0, 0.05) is 26.2 Å². The first kappa shape index (κ1) is 19.5. The summed E-state index contributed by atoms with van der Waals surface area (Å²) in [7, 11) is 4.02. The predicted molar refractivity (Wildman–Crippen MR) is 101 cm³/mol. The fraction of sp³-hybridized carbons (Fsp3) is 0.632. The Balaban J connectivity index is 2.06. The molecule has 0 aliphatic rings.